The second kappa shape index (κ2) is 10.5. The normalized spacial score (nSPS) is 11.1. The van der Waals surface area contributed by atoms with Gasteiger partial charge in [-0.1, -0.05) is 42.5 Å². The summed E-state index contributed by atoms with van der Waals surface area (Å²) in [5.74, 6) is -0.240. The van der Waals surface area contributed by atoms with Gasteiger partial charge in [-0.3, -0.25) is 9.59 Å². The molecule has 2 aromatic rings. The highest BCUT2D eigenvalue weighted by Gasteiger charge is 2.13. The fourth-order valence-corrected chi connectivity index (χ4v) is 2.38. The Hall–Kier alpha value is -2.37. The van der Waals surface area contributed by atoms with Crippen molar-refractivity contribution in [2.24, 2.45) is 5.73 Å². The number of hydrogen-bond donors (Lipinski definition) is 3. The summed E-state index contributed by atoms with van der Waals surface area (Å²) in [5.41, 5.74) is 8.84. The second-order valence-electron chi connectivity index (χ2n) is 5.72. The van der Waals surface area contributed by atoms with Crippen molar-refractivity contribution >= 4 is 29.9 Å². The summed E-state index contributed by atoms with van der Waals surface area (Å²) < 4.78 is 0. The molecule has 0 aliphatic rings. The minimum absolute atomic E-state index is 0. The van der Waals surface area contributed by atoms with Crippen LogP contribution in [0.4, 0.5) is 5.69 Å². The van der Waals surface area contributed by atoms with E-state index in [0.717, 1.165) is 16.8 Å². The van der Waals surface area contributed by atoms with Crippen molar-refractivity contribution in [1.29, 1.82) is 0 Å². The predicted molar refractivity (Wildman–Crippen MR) is 103 cm³/mol. The lowest BCUT2D eigenvalue weighted by Crippen LogP contribution is -2.42. The Labute approximate surface area is 154 Å². The largest absolute Gasteiger partial charge is 0.354 e. The smallest absolute Gasteiger partial charge is 0.237 e. The molecule has 4 N–H and O–H groups in total. The SMILES string of the molecule is CC(=O)Nc1ccc(CCNC(=O)[C@@H](N)Cc2ccccc2)cc1.Cl. The van der Waals surface area contributed by atoms with Crippen LogP contribution in [0.1, 0.15) is 18.1 Å². The van der Waals surface area contributed by atoms with Crippen LogP contribution in [0, 0.1) is 0 Å². The molecule has 0 unspecified atom stereocenters. The molecule has 0 spiro atoms. The van der Waals surface area contributed by atoms with Gasteiger partial charge in [0.2, 0.25) is 11.8 Å². The van der Waals surface area contributed by atoms with Crippen molar-refractivity contribution in [3.8, 4) is 0 Å². The van der Waals surface area contributed by atoms with E-state index >= 15 is 0 Å². The number of nitrogens with one attached hydrogen (secondary N) is 2. The Kier molecular flexibility index (Phi) is 8.67. The first-order chi connectivity index (χ1) is 11.5. The molecule has 1 atom stereocenters. The van der Waals surface area contributed by atoms with Crippen molar-refractivity contribution in [3.05, 3.63) is 65.7 Å². The van der Waals surface area contributed by atoms with Gasteiger partial charge in [-0.25, -0.2) is 0 Å². The van der Waals surface area contributed by atoms with Gasteiger partial charge in [0.05, 0.1) is 6.04 Å². The van der Waals surface area contributed by atoms with Crippen LogP contribution in [0.5, 0.6) is 0 Å². The van der Waals surface area contributed by atoms with E-state index in [1.807, 2.05) is 54.6 Å². The molecule has 0 radical (unpaired) electrons. The standard InChI is InChI=1S/C19H23N3O2.ClH/c1-14(23)22-17-9-7-15(8-10-17)11-12-21-19(24)18(20)13-16-5-3-2-4-6-16;/h2-10,18H,11-13,20H2,1H3,(H,21,24)(H,22,23);1H/t18-;/m0./s1. The first-order valence-electron chi connectivity index (χ1n) is 7.98. The maximum Gasteiger partial charge on any atom is 0.237 e. The number of halogens is 1. The van der Waals surface area contributed by atoms with Crippen LogP contribution in [0.25, 0.3) is 0 Å². The highest BCUT2D eigenvalue weighted by Crippen LogP contribution is 2.09. The Morgan fingerprint density at radius 1 is 1.00 bits per heavy atom. The number of benzene rings is 2. The van der Waals surface area contributed by atoms with E-state index < -0.39 is 6.04 Å². The molecule has 2 amide bonds. The van der Waals surface area contributed by atoms with Crippen LogP contribution in [-0.2, 0) is 22.4 Å². The van der Waals surface area contributed by atoms with E-state index in [2.05, 4.69) is 10.6 Å². The van der Waals surface area contributed by atoms with Crippen molar-refractivity contribution < 1.29 is 9.59 Å². The quantitative estimate of drug-likeness (QED) is 0.707. The highest BCUT2D eigenvalue weighted by molar-refractivity contribution is 5.88. The van der Waals surface area contributed by atoms with Gasteiger partial charge in [0.25, 0.3) is 0 Å². The number of rotatable bonds is 7. The first kappa shape index (κ1) is 20.7. The lowest BCUT2D eigenvalue weighted by molar-refractivity contribution is -0.122. The second-order valence-corrected chi connectivity index (χ2v) is 5.72. The van der Waals surface area contributed by atoms with Gasteiger partial charge in [-0.15, -0.1) is 12.4 Å². The van der Waals surface area contributed by atoms with Crippen LogP contribution in [0.2, 0.25) is 0 Å². The molecule has 2 rings (SSSR count). The summed E-state index contributed by atoms with van der Waals surface area (Å²) in [6.07, 6.45) is 1.24. The Morgan fingerprint density at radius 2 is 1.64 bits per heavy atom. The van der Waals surface area contributed by atoms with E-state index in [0.29, 0.717) is 19.4 Å². The molecular weight excluding hydrogens is 338 g/mol. The minimum Gasteiger partial charge on any atom is -0.354 e. The monoisotopic (exact) mass is 361 g/mol. The maximum atomic E-state index is 12.0. The van der Waals surface area contributed by atoms with Gasteiger partial charge >= 0.3 is 0 Å². The van der Waals surface area contributed by atoms with Crippen molar-refractivity contribution in [1.82, 2.24) is 5.32 Å². The van der Waals surface area contributed by atoms with Gasteiger partial charge in [0.15, 0.2) is 0 Å². The molecule has 0 aromatic heterocycles. The average Bonchev–Trinajstić information content (AvgIpc) is 2.56. The molecule has 0 aliphatic carbocycles. The fourth-order valence-electron chi connectivity index (χ4n) is 2.38. The number of nitrogens with two attached hydrogens (primary N) is 1. The molecule has 5 nitrogen and oxygen atoms in total. The van der Waals surface area contributed by atoms with Gasteiger partial charge in [-0.05, 0) is 36.1 Å². The van der Waals surface area contributed by atoms with E-state index in [1.54, 1.807) is 0 Å². The number of carbonyl (C=O) groups is 2. The van der Waals surface area contributed by atoms with E-state index in [-0.39, 0.29) is 24.2 Å². The summed E-state index contributed by atoms with van der Waals surface area (Å²) in [7, 11) is 0. The maximum absolute atomic E-state index is 12.0. The molecule has 25 heavy (non-hydrogen) atoms. The third-order valence-electron chi connectivity index (χ3n) is 3.62. The molecule has 134 valence electrons. The zero-order chi connectivity index (χ0) is 17.4. The van der Waals surface area contributed by atoms with Crippen LogP contribution >= 0.6 is 12.4 Å². The lowest BCUT2D eigenvalue weighted by atomic mass is 10.1. The molecule has 0 heterocycles. The molecule has 0 bridgehead atoms. The van der Waals surface area contributed by atoms with Crippen molar-refractivity contribution in [2.45, 2.75) is 25.8 Å². The Balaban J connectivity index is 0.00000312. The van der Waals surface area contributed by atoms with Gasteiger partial charge < -0.3 is 16.4 Å². The highest BCUT2D eigenvalue weighted by atomic mass is 35.5. The van der Waals surface area contributed by atoms with Crippen molar-refractivity contribution in [2.75, 3.05) is 11.9 Å². The van der Waals surface area contributed by atoms with Crippen molar-refractivity contribution in [3.63, 3.8) is 0 Å². The third-order valence-corrected chi connectivity index (χ3v) is 3.62. The van der Waals surface area contributed by atoms with Crippen LogP contribution in [0.15, 0.2) is 54.6 Å². The zero-order valence-corrected chi connectivity index (χ0v) is 15.0. The summed E-state index contributed by atoms with van der Waals surface area (Å²) in [6.45, 7) is 2.00. The summed E-state index contributed by atoms with van der Waals surface area (Å²) in [4.78, 5) is 23.0. The molecule has 2 aromatic carbocycles. The zero-order valence-electron chi connectivity index (χ0n) is 14.2. The van der Waals surface area contributed by atoms with Gasteiger partial charge in [0, 0.05) is 19.2 Å². The molecule has 6 heteroatoms. The van der Waals surface area contributed by atoms with E-state index in [4.69, 9.17) is 5.73 Å². The first-order valence-corrected chi connectivity index (χ1v) is 7.98. The van der Waals surface area contributed by atoms with Gasteiger partial charge in [0.1, 0.15) is 0 Å². The molecule has 0 fully saturated rings. The summed E-state index contributed by atoms with van der Waals surface area (Å²) >= 11 is 0. The van der Waals surface area contributed by atoms with Crippen LogP contribution in [-0.4, -0.2) is 24.4 Å². The van der Waals surface area contributed by atoms with Crippen LogP contribution < -0.4 is 16.4 Å². The number of anilines is 1. The lowest BCUT2D eigenvalue weighted by Gasteiger charge is -2.12. The molecular formula is C19H24ClN3O2. The van der Waals surface area contributed by atoms with E-state index in [1.165, 1.54) is 6.92 Å². The predicted octanol–water partition coefficient (Wildman–Crippen LogP) is 2.30. The fraction of sp³-hybridized carbons (Fsp3) is 0.263. The van der Waals surface area contributed by atoms with E-state index in [9.17, 15) is 9.59 Å². The van der Waals surface area contributed by atoms with Gasteiger partial charge in [-0.2, -0.15) is 0 Å². The van der Waals surface area contributed by atoms with Crippen LogP contribution in [0.3, 0.4) is 0 Å². The average molecular weight is 362 g/mol. The number of hydrogen-bond acceptors (Lipinski definition) is 3. The Morgan fingerprint density at radius 3 is 2.24 bits per heavy atom. The number of carbonyl (C=O) groups excluding carboxylic acids is 2. The topological polar surface area (TPSA) is 84.2 Å². The summed E-state index contributed by atoms with van der Waals surface area (Å²) in [6, 6.07) is 16.7. The Bertz CT molecular complexity index is 675. The molecule has 0 saturated carbocycles. The minimum atomic E-state index is -0.547. The molecule has 0 aliphatic heterocycles. The third kappa shape index (κ3) is 7.37. The summed E-state index contributed by atoms with van der Waals surface area (Å²) in [5, 5.41) is 5.58. The molecule has 0 saturated heterocycles. The number of amides is 2.